The van der Waals surface area contributed by atoms with Crippen molar-refractivity contribution in [2.75, 3.05) is 13.1 Å². The van der Waals surface area contributed by atoms with Gasteiger partial charge in [0.2, 0.25) is 0 Å². The maximum absolute atomic E-state index is 6.11. The van der Waals surface area contributed by atoms with E-state index in [-0.39, 0.29) is 5.41 Å². The Morgan fingerprint density at radius 2 is 2.16 bits per heavy atom. The van der Waals surface area contributed by atoms with Gasteiger partial charge in [-0.3, -0.25) is 0 Å². The molecule has 1 aliphatic heterocycles. The highest BCUT2D eigenvalue weighted by atomic mass is 16.3. The van der Waals surface area contributed by atoms with Crippen LogP contribution < -0.4 is 5.32 Å². The Hall–Kier alpha value is -1.35. The predicted molar refractivity (Wildman–Crippen MR) is 77.6 cm³/mol. The lowest BCUT2D eigenvalue weighted by atomic mass is 9.86. The smallest absolute Gasteiger partial charge is 0.199 e. The maximum Gasteiger partial charge on any atom is 0.199 e. The molecule has 3 nitrogen and oxygen atoms in total. The Morgan fingerprint density at radius 1 is 1.32 bits per heavy atom. The van der Waals surface area contributed by atoms with Gasteiger partial charge < -0.3 is 9.73 Å². The summed E-state index contributed by atoms with van der Waals surface area (Å²) in [7, 11) is 0. The second-order valence-electron chi connectivity index (χ2n) is 6.50. The molecule has 1 fully saturated rings. The summed E-state index contributed by atoms with van der Waals surface area (Å²) in [5, 5.41) is 3.42. The van der Waals surface area contributed by atoms with Crippen LogP contribution in [0.2, 0.25) is 0 Å². The van der Waals surface area contributed by atoms with E-state index in [1.807, 2.05) is 6.07 Å². The number of oxazole rings is 1. The van der Waals surface area contributed by atoms with Gasteiger partial charge in [0.05, 0.1) is 0 Å². The van der Waals surface area contributed by atoms with Crippen molar-refractivity contribution in [1.82, 2.24) is 10.3 Å². The van der Waals surface area contributed by atoms with Crippen LogP contribution in [0.5, 0.6) is 0 Å². The summed E-state index contributed by atoms with van der Waals surface area (Å²) in [4.78, 5) is 4.70. The van der Waals surface area contributed by atoms with Crippen molar-refractivity contribution < 1.29 is 4.42 Å². The summed E-state index contributed by atoms with van der Waals surface area (Å²) >= 11 is 0. The van der Waals surface area contributed by atoms with E-state index >= 15 is 0 Å². The molecule has 1 N–H and O–H groups in total. The number of hydrogen-bond acceptors (Lipinski definition) is 3. The fourth-order valence-corrected chi connectivity index (χ4v) is 2.79. The SMILES string of the molecule is CC(C)(C)c1cccc2nc(C3CCCNC3)oc12. The molecule has 0 amide bonds. The van der Waals surface area contributed by atoms with Gasteiger partial charge in [0.15, 0.2) is 11.5 Å². The number of aromatic nitrogens is 1. The van der Waals surface area contributed by atoms with Crippen LogP contribution in [0.1, 0.15) is 51.0 Å². The molecule has 1 aromatic carbocycles. The van der Waals surface area contributed by atoms with Crippen molar-refractivity contribution >= 4 is 11.1 Å². The Labute approximate surface area is 114 Å². The molecule has 3 rings (SSSR count). The maximum atomic E-state index is 6.11. The molecule has 0 bridgehead atoms. The summed E-state index contributed by atoms with van der Waals surface area (Å²) in [5.74, 6) is 1.33. The van der Waals surface area contributed by atoms with Crippen LogP contribution >= 0.6 is 0 Å². The minimum absolute atomic E-state index is 0.0845. The molecule has 0 saturated carbocycles. The van der Waals surface area contributed by atoms with Crippen LogP contribution in [0.25, 0.3) is 11.1 Å². The summed E-state index contributed by atoms with van der Waals surface area (Å²) < 4.78 is 6.11. The molecule has 2 aromatic rings. The third-order valence-electron chi connectivity index (χ3n) is 3.89. The van der Waals surface area contributed by atoms with E-state index in [1.165, 1.54) is 18.4 Å². The Balaban J connectivity index is 2.05. The van der Waals surface area contributed by atoms with E-state index in [1.54, 1.807) is 0 Å². The van der Waals surface area contributed by atoms with Crippen LogP contribution in [-0.4, -0.2) is 18.1 Å². The first kappa shape index (κ1) is 12.7. The standard InChI is InChI=1S/C16H22N2O/c1-16(2,3)12-7-4-8-13-14(12)19-15(18-13)11-6-5-9-17-10-11/h4,7-8,11,17H,5-6,9-10H2,1-3H3. The number of nitrogens with one attached hydrogen (secondary N) is 1. The lowest BCUT2D eigenvalue weighted by molar-refractivity contribution is 0.386. The van der Waals surface area contributed by atoms with Gasteiger partial charge in [-0.1, -0.05) is 32.9 Å². The summed E-state index contributed by atoms with van der Waals surface area (Å²) in [6.45, 7) is 8.74. The highest BCUT2D eigenvalue weighted by Crippen LogP contribution is 2.33. The van der Waals surface area contributed by atoms with E-state index in [0.717, 1.165) is 30.1 Å². The van der Waals surface area contributed by atoms with Crippen molar-refractivity contribution in [1.29, 1.82) is 0 Å². The molecule has 19 heavy (non-hydrogen) atoms. The highest BCUT2D eigenvalue weighted by Gasteiger charge is 2.24. The zero-order chi connectivity index (χ0) is 13.5. The molecule has 0 spiro atoms. The molecule has 102 valence electrons. The quantitative estimate of drug-likeness (QED) is 0.849. The zero-order valence-corrected chi connectivity index (χ0v) is 12.0. The van der Waals surface area contributed by atoms with E-state index in [9.17, 15) is 0 Å². The van der Waals surface area contributed by atoms with Crippen LogP contribution in [0, 0.1) is 0 Å². The summed E-state index contributed by atoms with van der Waals surface area (Å²) in [6, 6.07) is 6.28. The highest BCUT2D eigenvalue weighted by molar-refractivity contribution is 5.77. The van der Waals surface area contributed by atoms with E-state index < -0.39 is 0 Å². The van der Waals surface area contributed by atoms with Crippen molar-refractivity contribution in [3.63, 3.8) is 0 Å². The average molecular weight is 258 g/mol. The summed E-state index contributed by atoms with van der Waals surface area (Å²) in [5.41, 5.74) is 3.29. The predicted octanol–water partition coefficient (Wildman–Crippen LogP) is 3.59. The van der Waals surface area contributed by atoms with Crippen molar-refractivity contribution in [2.45, 2.75) is 44.9 Å². The van der Waals surface area contributed by atoms with Crippen molar-refractivity contribution in [3.05, 3.63) is 29.7 Å². The molecule has 1 unspecified atom stereocenters. The average Bonchev–Trinajstić information content (AvgIpc) is 2.82. The number of benzene rings is 1. The monoisotopic (exact) mass is 258 g/mol. The third-order valence-corrected chi connectivity index (χ3v) is 3.89. The lowest BCUT2D eigenvalue weighted by Crippen LogP contribution is -2.28. The zero-order valence-electron chi connectivity index (χ0n) is 12.0. The Morgan fingerprint density at radius 3 is 2.84 bits per heavy atom. The first-order chi connectivity index (χ1) is 9.05. The van der Waals surface area contributed by atoms with Gasteiger partial charge in [-0.05, 0) is 30.9 Å². The molecule has 0 radical (unpaired) electrons. The molecule has 1 atom stereocenters. The van der Waals surface area contributed by atoms with Gasteiger partial charge in [0, 0.05) is 18.0 Å². The molecular formula is C16H22N2O. The van der Waals surface area contributed by atoms with Crippen LogP contribution in [-0.2, 0) is 5.41 Å². The second-order valence-corrected chi connectivity index (χ2v) is 6.50. The van der Waals surface area contributed by atoms with Gasteiger partial charge in [-0.25, -0.2) is 4.98 Å². The molecular weight excluding hydrogens is 236 g/mol. The normalized spacial score (nSPS) is 20.9. The van der Waals surface area contributed by atoms with Crippen molar-refractivity contribution in [3.8, 4) is 0 Å². The first-order valence-corrected chi connectivity index (χ1v) is 7.16. The van der Waals surface area contributed by atoms with Gasteiger partial charge in [-0.15, -0.1) is 0 Å². The molecule has 0 aliphatic carbocycles. The van der Waals surface area contributed by atoms with E-state index in [0.29, 0.717) is 5.92 Å². The number of rotatable bonds is 1. The van der Waals surface area contributed by atoms with E-state index in [4.69, 9.17) is 9.40 Å². The fraction of sp³-hybridized carbons (Fsp3) is 0.562. The van der Waals surface area contributed by atoms with Gasteiger partial charge in [0.25, 0.3) is 0 Å². The van der Waals surface area contributed by atoms with E-state index in [2.05, 4.69) is 38.2 Å². The van der Waals surface area contributed by atoms with Crippen molar-refractivity contribution in [2.24, 2.45) is 0 Å². The third kappa shape index (κ3) is 2.39. The number of fused-ring (bicyclic) bond motifs is 1. The van der Waals surface area contributed by atoms with Crippen LogP contribution in [0.3, 0.4) is 0 Å². The fourth-order valence-electron chi connectivity index (χ4n) is 2.79. The number of para-hydroxylation sites is 1. The largest absolute Gasteiger partial charge is 0.440 e. The van der Waals surface area contributed by atoms with Gasteiger partial charge >= 0.3 is 0 Å². The minimum Gasteiger partial charge on any atom is -0.440 e. The number of piperidine rings is 1. The minimum atomic E-state index is 0.0845. The Kier molecular flexibility index (Phi) is 3.09. The van der Waals surface area contributed by atoms with Crippen LogP contribution in [0.15, 0.2) is 22.6 Å². The van der Waals surface area contributed by atoms with Gasteiger partial charge in [-0.2, -0.15) is 0 Å². The summed E-state index contributed by atoms with van der Waals surface area (Å²) in [6.07, 6.45) is 2.38. The Bertz CT molecular complexity index is 574. The molecule has 1 aromatic heterocycles. The number of nitrogens with zero attached hydrogens (tertiary/aromatic N) is 1. The molecule has 3 heteroatoms. The van der Waals surface area contributed by atoms with Crippen LogP contribution in [0.4, 0.5) is 0 Å². The number of hydrogen-bond donors (Lipinski definition) is 1. The lowest BCUT2D eigenvalue weighted by Gasteiger charge is -2.20. The first-order valence-electron chi connectivity index (χ1n) is 7.16. The molecule has 1 saturated heterocycles. The van der Waals surface area contributed by atoms with Gasteiger partial charge in [0.1, 0.15) is 5.52 Å². The second kappa shape index (κ2) is 4.64. The topological polar surface area (TPSA) is 38.1 Å². The molecule has 1 aliphatic rings. The molecule has 2 heterocycles.